The van der Waals surface area contributed by atoms with E-state index in [1.54, 1.807) is 0 Å². The van der Waals surface area contributed by atoms with E-state index < -0.39 is 12.0 Å². The molecule has 2 N–H and O–H groups in total. The average Bonchev–Trinajstić information content (AvgIpc) is 2.91. The van der Waals surface area contributed by atoms with Gasteiger partial charge in [0.2, 0.25) is 5.91 Å². The number of hydrogen-bond acceptors (Lipinski definition) is 3. The molecule has 20 heavy (non-hydrogen) atoms. The van der Waals surface area contributed by atoms with Gasteiger partial charge in [-0.2, -0.15) is 0 Å². The first-order valence-electron chi connectivity index (χ1n) is 6.41. The SMILES string of the molecule is O=C(O)CC(NC(=O)C1CCOC1)c1cccc(Br)c1. The van der Waals surface area contributed by atoms with Gasteiger partial charge in [0, 0.05) is 11.1 Å². The van der Waals surface area contributed by atoms with Gasteiger partial charge in [0.15, 0.2) is 0 Å². The predicted octanol–water partition coefficient (Wildman–Crippen LogP) is 2.12. The lowest BCUT2D eigenvalue weighted by Gasteiger charge is -2.19. The summed E-state index contributed by atoms with van der Waals surface area (Å²) in [6.45, 7) is 0.989. The lowest BCUT2D eigenvalue weighted by Crippen LogP contribution is -2.35. The largest absolute Gasteiger partial charge is 0.481 e. The Labute approximate surface area is 125 Å². The quantitative estimate of drug-likeness (QED) is 0.860. The molecule has 108 valence electrons. The van der Waals surface area contributed by atoms with Crippen LogP contribution >= 0.6 is 15.9 Å². The molecule has 2 atom stereocenters. The first kappa shape index (κ1) is 15.0. The molecule has 1 aromatic carbocycles. The minimum Gasteiger partial charge on any atom is -0.481 e. The third-order valence-corrected chi connectivity index (χ3v) is 3.74. The number of ether oxygens (including phenoxy) is 1. The fraction of sp³-hybridized carbons (Fsp3) is 0.429. The van der Waals surface area contributed by atoms with Crippen molar-refractivity contribution in [1.82, 2.24) is 5.32 Å². The van der Waals surface area contributed by atoms with Crippen molar-refractivity contribution in [3.63, 3.8) is 0 Å². The van der Waals surface area contributed by atoms with Crippen molar-refractivity contribution in [2.75, 3.05) is 13.2 Å². The van der Waals surface area contributed by atoms with Crippen LogP contribution in [0.15, 0.2) is 28.7 Å². The van der Waals surface area contributed by atoms with Gasteiger partial charge in [-0.1, -0.05) is 28.1 Å². The van der Waals surface area contributed by atoms with Crippen LogP contribution in [0.2, 0.25) is 0 Å². The maximum atomic E-state index is 12.1. The van der Waals surface area contributed by atoms with Crippen LogP contribution in [0.5, 0.6) is 0 Å². The Balaban J connectivity index is 2.10. The normalized spacial score (nSPS) is 19.6. The van der Waals surface area contributed by atoms with Crippen LogP contribution in [0.25, 0.3) is 0 Å². The molecule has 0 saturated carbocycles. The minimum absolute atomic E-state index is 0.143. The highest BCUT2D eigenvalue weighted by Crippen LogP contribution is 2.22. The van der Waals surface area contributed by atoms with Crippen molar-refractivity contribution in [1.29, 1.82) is 0 Å². The van der Waals surface area contributed by atoms with Crippen molar-refractivity contribution in [3.8, 4) is 0 Å². The number of rotatable bonds is 5. The van der Waals surface area contributed by atoms with Crippen molar-refractivity contribution in [2.24, 2.45) is 5.92 Å². The van der Waals surface area contributed by atoms with Gasteiger partial charge in [0.05, 0.1) is 25.0 Å². The first-order valence-corrected chi connectivity index (χ1v) is 7.21. The molecule has 0 aromatic heterocycles. The molecule has 1 fully saturated rings. The summed E-state index contributed by atoms with van der Waals surface area (Å²) in [7, 11) is 0. The van der Waals surface area contributed by atoms with Crippen molar-refractivity contribution in [2.45, 2.75) is 18.9 Å². The average molecular weight is 342 g/mol. The Kier molecular flexibility index (Phi) is 5.14. The summed E-state index contributed by atoms with van der Waals surface area (Å²) in [6.07, 6.45) is 0.542. The Hall–Kier alpha value is -1.40. The molecule has 1 aliphatic rings. The second kappa shape index (κ2) is 6.85. The van der Waals surface area contributed by atoms with E-state index >= 15 is 0 Å². The topological polar surface area (TPSA) is 75.6 Å². The van der Waals surface area contributed by atoms with E-state index in [1.165, 1.54) is 0 Å². The number of hydrogen-bond donors (Lipinski definition) is 2. The van der Waals surface area contributed by atoms with Gasteiger partial charge in [-0.05, 0) is 24.1 Å². The minimum atomic E-state index is -0.946. The standard InChI is InChI=1S/C14H16BrNO4/c15-11-3-1-2-9(6-11)12(7-13(17)18)16-14(19)10-4-5-20-8-10/h1-3,6,10,12H,4-5,7-8H2,(H,16,19)(H,17,18). The molecule has 1 heterocycles. The van der Waals surface area contributed by atoms with Crippen LogP contribution in [0.3, 0.4) is 0 Å². The maximum Gasteiger partial charge on any atom is 0.305 e. The number of nitrogens with one attached hydrogen (secondary N) is 1. The fourth-order valence-corrected chi connectivity index (χ4v) is 2.60. The Morgan fingerprint density at radius 1 is 1.50 bits per heavy atom. The van der Waals surface area contributed by atoms with E-state index in [0.29, 0.717) is 19.6 Å². The van der Waals surface area contributed by atoms with Crippen LogP contribution in [-0.2, 0) is 14.3 Å². The van der Waals surface area contributed by atoms with Gasteiger partial charge in [0.25, 0.3) is 0 Å². The van der Waals surface area contributed by atoms with Gasteiger partial charge in [-0.3, -0.25) is 9.59 Å². The van der Waals surface area contributed by atoms with Crippen LogP contribution in [0.1, 0.15) is 24.4 Å². The molecule has 2 unspecified atom stereocenters. The number of aliphatic carboxylic acids is 1. The van der Waals surface area contributed by atoms with E-state index in [4.69, 9.17) is 9.84 Å². The van der Waals surface area contributed by atoms with E-state index in [2.05, 4.69) is 21.2 Å². The summed E-state index contributed by atoms with van der Waals surface area (Å²) < 4.78 is 6.03. The Morgan fingerprint density at radius 2 is 2.30 bits per heavy atom. The van der Waals surface area contributed by atoms with Crippen LogP contribution in [-0.4, -0.2) is 30.2 Å². The summed E-state index contributed by atoms with van der Waals surface area (Å²) in [4.78, 5) is 23.1. The summed E-state index contributed by atoms with van der Waals surface area (Å²) in [5.41, 5.74) is 0.772. The molecule has 0 spiro atoms. The fourth-order valence-electron chi connectivity index (χ4n) is 2.18. The number of carbonyl (C=O) groups is 2. The predicted molar refractivity (Wildman–Crippen MR) is 76.2 cm³/mol. The van der Waals surface area contributed by atoms with E-state index in [-0.39, 0.29) is 18.2 Å². The first-order chi connectivity index (χ1) is 9.56. The van der Waals surface area contributed by atoms with Gasteiger partial charge in [-0.25, -0.2) is 0 Å². The molecule has 1 aromatic rings. The summed E-state index contributed by atoms with van der Waals surface area (Å²) >= 11 is 3.35. The molecule has 1 amide bonds. The molecular formula is C14H16BrNO4. The van der Waals surface area contributed by atoms with Gasteiger partial charge in [-0.15, -0.1) is 0 Å². The van der Waals surface area contributed by atoms with Crippen molar-refractivity contribution in [3.05, 3.63) is 34.3 Å². The highest BCUT2D eigenvalue weighted by Gasteiger charge is 2.26. The molecule has 1 aliphatic heterocycles. The molecule has 5 nitrogen and oxygen atoms in total. The van der Waals surface area contributed by atoms with E-state index in [1.807, 2.05) is 24.3 Å². The smallest absolute Gasteiger partial charge is 0.305 e. The maximum absolute atomic E-state index is 12.1. The third kappa shape index (κ3) is 4.05. The summed E-state index contributed by atoms with van der Waals surface area (Å²) in [6, 6.07) is 6.77. The monoisotopic (exact) mass is 341 g/mol. The Morgan fingerprint density at radius 3 is 2.90 bits per heavy atom. The second-order valence-electron chi connectivity index (χ2n) is 4.77. The molecule has 0 radical (unpaired) electrons. The number of halogens is 1. The lowest BCUT2D eigenvalue weighted by atomic mass is 10.0. The summed E-state index contributed by atoms with van der Waals surface area (Å²) in [5.74, 6) is -1.27. The molecule has 6 heteroatoms. The van der Waals surface area contributed by atoms with E-state index in [0.717, 1.165) is 10.0 Å². The van der Waals surface area contributed by atoms with Gasteiger partial charge >= 0.3 is 5.97 Å². The molecule has 0 bridgehead atoms. The van der Waals surface area contributed by atoms with Gasteiger partial charge in [0.1, 0.15) is 0 Å². The van der Waals surface area contributed by atoms with Crippen LogP contribution < -0.4 is 5.32 Å². The van der Waals surface area contributed by atoms with Crippen LogP contribution in [0, 0.1) is 5.92 Å². The Bertz CT molecular complexity index is 500. The number of amides is 1. The number of benzene rings is 1. The number of carboxylic acid groups (broad SMARTS) is 1. The highest BCUT2D eigenvalue weighted by atomic mass is 79.9. The number of carbonyl (C=O) groups excluding carboxylic acids is 1. The molecule has 0 aliphatic carbocycles. The van der Waals surface area contributed by atoms with Gasteiger partial charge < -0.3 is 15.2 Å². The summed E-state index contributed by atoms with van der Waals surface area (Å²) in [5, 5.41) is 11.8. The van der Waals surface area contributed by atoms with Crippen LogP contribution in [0.4, 0.5) is 0 Å². The zero-order chi connectivity index (χ0) is 14.5. The highest BCUT2D eigenvalue weighted by molar-refractivity contribution is 9.10. The zero-order valence-electron chi connectivity index (χ0n) is 10.8. The van der Waals surface area contributed by atoms with Crippen molar-refractivity contribution >= 4 is 27.8 Å². The van der Waals surface area contributed by atoms with E-state index in [9.17, 15) is 9.59 Å². The lowest BCUT2D eigenvalue weighted by molar-refractivity contribution is -0.137. The zero-order valence-corrected chi connectivity index (χ0v) is 12.4. The number of carboxylic acids is 1. The molecule has 1 saturated heterocycles. The third-order valence-electron chi connectivity index (χ3n) is 3.25. The molecule has 2 rings (SSSR count). The second-order valence-corrected chi connectivity index (χ2v) is 5.69. The molecular weight excluding hydrogens is 326 g/mol. The van der Waals surface area contributed by atoms with Crippen molar-refractivity contribution < 1.29 is 19.4 Å².